The van der Waals surface area contributed by atoms with Gasteiger partial charge in [-0.2, -0.15) is 5.26 Å². The molecule has 0 aliphatic rings. The largest absolute Gasteiger partial charge is 0.489 e. The third kappa shape index (κ3) is 4.33. The van der Waals surface area contributed by atoms with Gasteiger partial charge >= 0.3 is 5.97 Å². The monoisotopic (exact) mass is 309 g/mol. The van der Waals surface area contributed by atoms with Crippen LogP contribution in [0.2, 0.25) is 0 Å². The van der Waals surface area contributed by atoms with E-state index in [1.807, 2.05) is 43.3 Å². The first-order valence-electron chi connectivity index (χ1n) is 7.47. The Labute approximate surface area is 136 Å². The number of hydrogen-bond acceptors (Lipinski definition) is 4. The molecule has 2 aromatic rings. The van der Waals surface area contributed by atoms with Crippen molar-refractivity contribution in [1.82, 2.24) is 0 Å². The number of ether oxygens (including phenoxy) is 2. The van der Waals surface area contributed by atoms with E-state index in [0.29, 0.717) is 24.3 Å². The lowest BCUT2D eigenvalue weighted by atomic mass is 9.96. The van der Waals surface area contributed by atoms with E-state index in [9.17, 15) is 10.1 Å². The Morgan fingerprint density at radius 1 is 1.22 bits per heavy atom. The van der Waals surface area contributed by atoms with Gasteiger partial charge in [0.05, 0.1) is 24.7 Å². The second-order valence-electron chi connectivity index (χ2n) is 5.15. The van der Waals surface area contributed by atoms with Gasteiger partial charge < -0.3 is 9.47 Å². The summed E-state index contributed by atoms with van der Waals surface area (Å²) in [7, 11) is 1.33. The molecule has 0 aliphatic heterocycles. The van der Waals surface area contributed by atoms with Crippen LogP contribution in [0.3, 0.4) is 0 Å². The highest BCUT2D eigenvalue weighted by molar-refractivity contribution is 5.90. The van der Waals surface area contributed by atoms with E-state index >= 15 is 0 Å². The Balaban J connectivity index is 2.28. The second-order valence-corrected chi connectivity index (χ2v) is 5.15. The zero-order chi connectivity index (χ0) is 16.7. The van der Waals surface area contributed by atoms with Crippen LogP contribution < -0.4 is 4.74 Å². The number of carbonyl (C=O) groups is 1. The quantitative estimate of drug-likeness (QED) is 0.755. The second kappa shape index (κ2) is 8.00. The fraction of sp³-hybridized carbons (Fsp3) is 0.263. The third-order valence-electron chi connectivity index (χ3n) is 3.56. The molecule has 0 saturated carbocycles. The van der Waals surface area contributed by atoms with Crippen LogP contribution in [0, 0.1) is 11.3 Å². The van der Waals surface area contributed by atoms with Crippen LogP contribution in [0.5, 0.6) is 5.75 Å². The average Bonchev–Trinajstić information content (AvgIpc) is 2.61. The van der Waals surface area contributed by atoms with Crippen molar-refractivity contribution in [2.24, 2.45) is 0 Å². The van der Waals surface area contributed by atoms with E-state index in [-0.39, 0.29) is 5.92 Å². The summed E-state index contributed by atoms with van der Waals surface area (Å²) in [6.45, 7) is 2.33. The van der Waals surface area contributed by atoms with Crippen LogP contribution in [-0.2, 0) is 11.3 Å². The highest BCUT2D eigenvalue weighted by Crippen LogP contribution is 2.26. The number of hydrogen-bond donors (Lipinski definition) is 0. The van der Waals surface area contributed by atoms with Crippen LogP contribution in [0.15, 0.2) is 48.5 Å². The molecule has 2 aromatic carbocycles. The fourth-order valence-electron chi connectivity index (χ4n) is 2.28. The van der Waals surface area contributed by atoms with Crippen molar-refractivity contribution in [2.45, 2.75) is 25.9 Å². The topological polar surface area (TPSA) is 59.3 Å². The first-order chi connectivity index (χ1) is 11.2. The molecule has 2 rings (SSSR count). The maximum absolute atomic E-state index is 11.8. The number of carbonyl (C=O) groups excluding carboxylic acids is 1. The first kappa shape index (κ1) is 16.6. The standard InChI is InChI=1S/C19H19NO3/c1-3-15(12-20)16-9-17(19(21)22-2)11-18(10-16)23-13-14-7-5-4-6-8-14/h4-11,15H,3,13H2,1-2H3. The van der Waals surface area contributed by atoms with Crippen molar-refractivity contribution in [1.29, 1.82) is 5.26 Å². The molecule has 0 fully saturated rings. The van der Waals surface area contributed by atoms with Gasteiger partial charge in [0.15, 0.2) is 0 Å². The predicted octanol–water partition coefficient (Wildman–Crippen LogP) is 4.07. The zero-order valence-corrected chi connectivity index (χ0v) is 13.3. The molecule has 0 radical (unpaired) electrons. The Kier molecular flexibility index (Phi) is 5.76. The minimum absolute atomic E-state index is 0.279. The minimum atomic E-state index is -0.441. The van der Waals surface area contributed by atoms with Gasteiger partial charge in [0.25, 0.3) is 0 Å². The van der Waals surface area contributed by atoms with Crippen molar-refractivity contribution in [3.05, 3.63) is 65.2 Å². The molecule has 0 amide bonds. The van der Waals surface area contributed by atoms with Gasteiger partial charge in [0.1, 0.15) is 12.4 Å². The van der Waals surface area contributed by atoms with Crippen LogP contribution >= 0.6 is 0 Å². The van der Waals surface area contributed by atoms with Gasteiger partial charge in [-0.05, 0) is 35.7 Å². The molecule has 0 saturated heterocycles. The summed E-state index contributed by atoms with van der Waals surface area (Å²) in [5.41, 5.74) is 2.19. The Morgan fingerprint density at radius 3 is 2.57 bits per heavy atom. The summed E-state index contributed by atoms with van der Waals surface area (Å²) in [5.74, 6) is -0.164. The van der Waals surface area contributed by atoms with Crippen LogP contribution in [-0.4, -0.2) is 13.1 Å². The minimum Gasteiger partial charge on any atom is -0.489 e. The highest BCUT2D eigenvalue weighted by atomic mass is 16.5. The van der Waals surface area contributed by atoms with Gasteiger partial charge in [0, 0.05) is 0 Å². The lowest BCUT2D eigenvalue weighted by molar-refractivity contribution is 0.0600. The SMILES string of the molecule is CCC(C#N)c1cc(OCc2ccccc2)cc(C(=O)OC)c1. The number of nitrogens with zero attached hydrogens (tertiary/aromatic N) is 1. The summed E-state index contributed by atoms with van der Waals surface area (Å²) in [6.07, 6.45) is 0.666. The molecule has 0 heterocycles. The highest BCUT2D eigenvalue weighted by Gasteiger charge is 2.15. The van der Waals surface area contributed by atoms with Crippen LogP contribution in [0.1, 0.15) is 40.7 Å². The average molecular weight is 309 g/mol. The van der Waals surface area contributed by atoms with Gasteiger partial charge in [-0.3, -0.25) is 0 Å². The maximum Gasteiger partial charge on any atom is 0.337 e. The summed E-state index contributed by atoms with van der Waals surface area (Å²) < 4.78 is 10.6. The molecular weight excluding hydrogens is 290 g/mol. The van der Waals surface area contributed by atoms with Crippen molar-refractivity contribution in [3.8, 4) is 11.8 Å². The molecule has 23 heavy (non-hydrogen) atoms. The van der Waals surface area contributed by atoms with E-state index in [2.05, 4.69) is 6.07 Å². The first-order valence-corrected chi connectivity index (χ1v) is 7.47. The lowest BCUT2D eigenvalue weighted by Crippen LogP contribution is -2.05. The summed E-state index contributed by atoms with van der Waals surface area (Å²) in [6, 6.07) is 17.2. The number of methoxy groups -OCH3 is 1. The summed E-state index contributed by atoms with van der Waals surface area (Å²) >= 11 is 0. The lowest BCUT2D eigenvalue weighted by Gasteiger charge is -2.13. The normalized spacial score (nSPS) is 11.3. The number of esters is 1. The third-order valence-corrected chi connectivity index (χ3v) is 3.56. The Morgan fingerprint density at radius 2 is 1.96 bits per heavy atom. The Bertz CT molecular complexity index is 704. The van der Waals surface area contributed by atoms with E-state index in [1.54, 1.807) is 12.1 Å². The molecule has 4 heteroatoms. The van der Waals surface area contributed by atoms with Crippen molar-refractivity contribution in [3.63, 3.8) is 0 Å². The van der Waals surface area contributed by atoms with Crippen LogP contribution in [0.4, 0.5) is 0 Å². The molecule has 1 atom stereocenters. The number of nitriles is 1. The van der Waals surface area contributed by atoms with E-state index in [4.69, 9.17) is 9.47 Å². The molecule has 0 aromatic heterocycles. The number of benzene rings is 2. The molecule has 0 N–H and O–H groups in total. The van der Waals surface area contributed by atoms with Gasteiger partial charge in [-0.25, -0.2) is 4.79 Å². The molecular formula is C19H19NO3. The molecule has 4 nitrogen and oxygen atoms in total. The van der Waals surface area contributed by atoms with Crippen LogP contribution in [0.25, 0.3) is 0 Å². The van der Waals surface area contributed by atoms with Gasteiger partial charge in [-0.1, -0.05) is 37.3 Å². The maximum atomic E-state index is 11.8. The van der Waals surface area contributed by atoms with Gasteiger partial charge in [0.2, 0.25) is 0 Å². The smallest absolute Gasteiger partial charge is 0.337 e. The summed E-state index contributed by atoms with van der Waals surface area (Å²) in [5, 5.41) is 9.26. The molecule has 0 aliphatic carbocycles. The van der Waals surface area contributed by atoms with E-state index < -0.39 is 5.97 Å². The van der Waals surface area contributed by atoms with Crippen molar-refractivity contribution >= 4 is 5.97 Å². The van der Waals surface area contributed by atoms with Crippen molar-refractivity contribution in [2.75, 3.05) is 7.11 Å². The molecule has 0 spiro atoms. The zero-order valence-electron chi connectivity index (χ0n) is 13.3. The predicted molar refractivity (Wildman–Crippen MR) is 87.2 cm³/mol. The van der Waals surface area contributed by atoms with Gasteiger partial charge in [-0.15, -0.1) is 0 Å². The molecule has 118 valence electrons. The molecule has 0 bridgehead atoms. The Hall–Kier alpha value is -2.80. The fourth-order valence-corrected chi connectivity index (χ4v) is 2.28. The van der Waals surface area contributed by atoms with Crippen molar-refractivity contribution < 1.29 is 14.3 Å². The molecule has 1 unspecified atom stereocenters. The summed E-state index contributed by atoms with van der Waals surface area (Å²) in [4.78, 5) is 11.8. The number of rotatable bonds is 6. The van der Waals surface area contributed by atoms with E-state index in [1.165, 1.54) is 7.11 Å². The van der Waals surface area contributed by atoms with E-state index in [0.717, 1.165) is 11.1 Å².